The summed E-state index contributed by atoms with van der Waals surface area (Å²) in [6.07, 6.45) is 0.901. The van der Waals surface area contributed by atoms with Gasteiger partial charge in [-0.05, 0) is 30.2 Å². The van der Waals surface area contributed by atoms with Crippen LogP contribution in [0, 0.1) is 0 Å². The predicted molar refractivity (Wildman–Crippen MR) is 75.6 cm³/mol. The molecule has 106 valence electrons. The fraction of sp³-hybridized carbons (Fsp3) is 0.375. The molecule has 0 saturated heterocycles. The van der Waals surface area contributed by atoms with Crippen LogP contribution in [-0.2, 0) is 11.3 Å². The Labute approximate surface area is 118 Å². The van der Waals surface area contributed by atoms with E-state index < -0.39 is 0 Å². The van der Waals surface area contributed by atoms with Gasteiger partial charge in [0.25, 0.3) is 0 Å². The zero-order chi connectivity index (χ0) is 13.9. The third-order valence-corrected chi connectivity index (χ3v) is 3.74. The van der Waals surface area contributed by atoms with Crippen molar-refractivity contribution in [3.63, 3.8) is 0 Å². The van der Waals surface area contributed by atoms with E-state index in [9.17, 15) is 0 Å². The van der Waals surface area contributed by atoms with Crippen LogP contribution in [0.5, 0.6) is 5.75 Å². The highest BCUT2D eigenvalue weighted by atomic mass is 16.5. The summed E-state index contributed by atoms with van der Waals surface area (Å²) in [6.45, 7) is 1.16. The molecule has 0 aliphatic carbocycles. The topological polar surface area (TPSA) is 57.6 Å². The van der Waals surface area contributed by atoms with Gasteiger partial charge in [-0.3, -0.25) is 0 Å². The van der Waals surface area contributed by atoms with Crippen molar-refractivity contribution in [1.29, 1.82) is 0 Å². The average molecular weight is 273 g/mol. The van der Waals surface area contributed by atoms with Crippen molar-refractivity contribution in [3.8, 4) is 5.75 Å². The number of fused-ring (bicyclic) bond motifs is 1. The number of rotatable bonds is 4. The Kier molecular flexibility index (Phi) is 3.76. The second-order valence-corrected chi connectivity index (χ2v) is 5.04. The number of ether oxygens (including phenoxy) is 2. The summed E-state index contributed by atoms with van der Waals surface area (Å²) < 4.78 is 16.5. The molecule has 2 atom stereocenters. The standard InChI is InChI=1S/C16H19NO3/c1-18-10-11-6-7-15(20-11)16(17)13-8-9-19-14-5-3-2-4-12(13)14/h2-7,13,16H,8-10,17H2,1H3. The molecule has 0 saturated carbocycles. The second kappa shape index (κ2) is 5.69. The van der Waals surface area contributed by atoms with Crippen molar-refractivity contribution in [1.82, 2.24) is 0 Å². The molecule has 0 amide bonds. The van der Waals surface area contributed by atoms with Gasteiger partial charge < -0.3 is 19.6 Å². The summed E-state index contributed by atoms with van der Waals surface area (Å²) in [4.78, 5) is 0. The van der Waals surface area contributed by atoms with Crippen LogP contribution in [0.3, 0.4) is 0 Å². The lowest BCUT2D eigenvalue weighted by atomic mass is 9.86. The Balaban J connectivity index is 1.85. The van der Waals surface area contributed by atoms with Crippen molar-refractivity contribution < 1.29 is 13.9 Å². The van der Waals surface area contributed by atoms with Crippen molar-refractivity contribution >= 4 is 0 Å². The fourth-order valence-corrected chi connectivity index (χ4v) is 2.73. The summed E-state index contributed by atoms with van der Waals surface area (Å²) in [5, 5.41) is 0. The number of furan rings is 1. The van der Waals surface area contributed by atoms with Crippen LogP contribution in [0.15, 0.2) is 40.8 Å². The predicted octanol–water partition coefficient (Wildman–Crippen LogP) is 2.99. The Morgan fingerprint density at radius 1 is 1.30 bits per heavy atom. The summed E-state index contributed by atoms with van der Waals surface area (Å²) in [7, 11) is 1.65. The summed E-state index contributed by atoms with van der Waals surface area (Å²) in [5.41, 5.74) is 7.57. The SMILES string of the molecule is COCc1ccc(C(N)C2CCOc3ccccc32)o1. The smallest absolute Gasteiger partial charge is 0.129 e. The van der Waals surface area contributed by atoms with Gasteiger partial charge in [0.2, 0.25) is 0 Å². The maximum absolute atomic E-state index is 6.40. The fourth-order valence-electron chi connectivity index (χ4n) is 2.73. The Morgan fingerprint density at radius 3 is 3.00 bits per heavy atom. The Hall–Kier alpha value is -1.78. The summed E-state index contributed by atoms with van der Waals surface area (Å²) in [6, 6.07) is 11.8. The normalized spacial score (nSPS) is 19.2. The third-order valence-electron chi connectivity index (χ3n) is 3.74. The third kappa shape index (κ3) is 2.44. The van der Waals surface area contributed by atoms with Gasteiger partial charge in [0.1, 0.15) is 23.9 Å². The number of hydrogen-bond donors (Lipinski definition) is 1. The van der Waals surface area contributed by atoms with Crippen LogP contribution in [0.4, 0.5) is 0 Å². The second-order valence-electron chi connectivity index (χ2n) is 5.04. The van der Waals surface area contributed by atoms with Crippen LogP contribution in [0.2, 0.25) is 0 Å². The van der Waals surface area contributed by atoms with Gasteiger partial charge in [0.15, 0.2) is 0 Å². The van der Waals surface area contributed by atoms with Crippen LogP contribution in [0.25, 0.3) is 0 Å². The minimum Gasteiger partial charge on any atom is -0.493 e. The van der Waals surface area contributed by atoms with E-state index in [1.807, 2.05) is 30.3 Å². The van der Waals surface area contributed by atoms with E-state index in [-0.39, 0.29) is 12.0 Å². The molecule has 0 fully saturated rings. The molecule has 20 heavy (non-hydrogen) atoms. The first-order valence-electron chi connectivity index (χ1n) is 6.84. The molecule has 4 nitrogen and oxygen atoms in total. The minimum absolute atomic E-state index is 0.161. The lowest BCUT2D eigenvalue weighted by Gasteiger charge is -2.29. The zero-order valence-corrected chi connectivity index (χ0v) is 11.5. The van der Waals surface area contributed by atoms with Crippen molar-refractivity contribution in [2.75, 3.05) is 13.7 Å². The highest BCUT2D eigenvalue weighted by Gasteiger charge is 2.29. The quantitative estimate of drug-likeness (QED) is 0.930. The van der Waals surface area contributed by atoms with Crippen LogP contribution in [-0.4, -0.2) is 13.7 Å². The lowest BCUT2D eigenvalue weighted by molar-refractivity contribution is 0.161. The first-order chi connectivity index (χ1) is 9.79. The summed E-state index contributed by atoms with van der Waals surface area (Å²) >= 11 is 0. The molecule has 3 rings (SSSR count). The van der Waals surface area contributed by atoms with Gasteiger partial charge in [0, 0.05) is 13.0 Å². The Bertz CT molecular complexity index is 579. The molecule has 2 aromatic rings. The molecular weight excluding hydrogens is 254 g/mol. The maximum Gasteiger partial charge on any atom is 0.129 e. The molecule has 2 N–H and O–H groups in total. The van der Waals surface area contributed by atoms with Gasteiger partial charge in [-0.2, -0.15) is 0 Å². The lowest BCUT2D eigenvalue weighted by Crippen LogP contribution is -2.25. The zero-order valence-electron chi connectivity index (χ0n) is 11.5. The van der Waals surface area contributed by atoms with Gasteiger partial charge in [-0.25, -0.2) is 0 Å². The van der Waals surface area contributed by atoms with E-state index in [0.29, 0.717) is 13.2 Å². The highest BCUT2D eigenvalue weighted by Crippen LogP contribution is 2.40. The van der Waals surface area contributed by atoms with E-state index in [0.717, 1.165) is 29.3 Å². The molecule has 1 aliphatic rings. The van der Waals surface area contributed by atoms with Crippen molar-refractivity contribution in [2.45, 2.75) is 25.0 Å². The summed E-state index contributed by atoms with van der Waals surface area (Å²) in [5.74, 6) is 2.77. The van der Waals surface area contributed by atoms with Crippen LogP contribution < -0.4 is 10.5 Å². The molecule has 0 bridgehead atoms. The number of para-hydroxylation sites is 1. The minimum atomic E-state index is -0.161. The van der Waals surface area contributed by atoms with Gasteiger partial charge in [-0.1, -0.05) is 18.2 Å². The molecule has 0 radical (unpaired) electrons. The molecule has 1 aromatic heterocycles. The number of hydrogen-bond acceptors (Lipinski definition) is 4. The maximum atomic E-state index is 6.40. The number of nitrogens with two attached hydrogens (primary N) is 1. The molecule has 0 spiro atoms. The van der Waals surface area contributed by atoms with Crippen LogP contribution in [0.1, 0.15) is 35.5 Å². The van der Waals surface area contributed by atoms with E-state index in [2.05, 4.69) is 6.07 Å². The van der Waals surface area contributed by atoms with E-state index in [4.69, 9.17) is 19.6 Å². The van der Waals surface area contributed by atoms with E-state index in [1.165, 1.54) is 0 Å². The van der Waals surface area contributed by atoms with Crippen molar-refractivity contribution in [2.24, 2.45) is 5.73 Å². The average Bonchev–Trinajstić information content (AvgIpc) is 2.95. The molecule has 1 aliphatic heterocycles. The largest absolute Gasteiger partial charge is 0.493 e. The Morgan fingerprint density at radius 2 is 2.15 bits per heavy atom. The monoisotopic (exact) mass is 273 g/mol. The molecule has 2 heterocycles. The van der Waals surface area contributed by atoms with Crippen LogP contribution >= 0.6 is 0 Å². The first kappa shape index (κ1) is 13.2. The molecule has 1 aromatic carbocycles. The number of benzene rings is 1. The van der Waals surface area contributed by atoms with Gasteiger partial charge >= 0.3 is 0 Å². The molecule has 2 unspecified atom stereocenters. The van der Waals surface area contributed by atoms with Gasteiger partial charge in [0.05, 0.1) is 12.6 Å². The van der Waals surface area contributed by atoms with E-state index >= 15 is 0 Å². The van der Waals surface area contributed by atoms with Crippen molar-refractivity contribution in [3.05, 3.63) is 53.5 Å². The van der Waals surface area contributed by atoms with Gasteiger partial charge in [-0.15, -0.1) is 0 Å². The molecule has 4 heteroatoms. The molecular formula is C16H19NO3. The first-order valence-corrected chi connectivity index (χ1v) is 6.84. The number of methoxy groups -OCH3 is 1. The highest BCUT2D eigenvalue weighted by molar-refractivity contribution is 5.39. The van der Waals surface area contributed by atoms with E-state index in [1.54, 1.807) is 7.11 Å².